The second-order valence-corrected chi connectivity index (χ2v) is 5.08. The molecule has 0 spiro atoms. The van der Waals surface area contributed by atoms with Crippen molar-refractivity contribution < 1.29 is 9.53 Å². The third-order valence-electron chi connectivity index (χ3n) is 1.79. The molecule has 4 heteroatoms. The molecule has 1 amide bonds. The molecule has 0 radical (unpaired) electrons. The Morgan fingerprint density at radius 2 is 1.82 bits per heavy atom. The maximum absolute atomic E-state index is 11.4. The fourth-order valence-electron chi connectivity index (χ4n) is 1.46. The molecule has 0 fully saturated rings. The Morgan fingerprint density at radius 1 is 1.29 bits per heavy atom. The number of nitrogens with zero attached hydrogens (tertiary/aromatic N) is 1. The molecule has 0 heterocycles. The molecule has 0 aliphatic heterocycles. The van der Waals surface area contributed by atoms with E-state index in [1.54, 1.807) is 7.11 Å². The highest BCUT2D eigenvalue weighted by Gasteiger charge is 2.15. The van der Waals surface area contributed by atoms with Gasteiger partial charge in [-0.1, -0.05) is 34.6 Å². The summed E-state index contributed by atoms with van der Waals surface area (Å²) in [7, 11) is 3.58. The van der Waals surface area contributed by atoms with Crippen LogP contribution in [0, 0.1) is 5.41 Å². The van der Waals surface area contributed by atoms with Gasteiger partial charge in [-0.05, 0) is 12.5 Å². The van der Waals surface area contributed by atoms with E-state index in [1.807, 2.05) is 25.8 Å². The Kier molecular flexibility index (Phi) is 11.6. The standard InChI is InChI=1S/C11H24N2O2.C2H6/c1-11(2,3)9-13(4)8-10(14)12-6-7-15-5;1-2/h6-9H2,1-5H3,(H,12,14);1-2H3. The van der Waals surface area contributed by atoms with E-state index < -0.39 is 0 Å². The highest BCUT2D eigenvalue weighted by molar-refractivity contribution is 5.77. The third-order valence-corrected chi connectivity index (χ3v) is 1.79. The zero-order valence-corrected chi connectivity index (χ0v) is 12.6. The van der Waals surface area contributed by atoms with E-state index in [2.05, 4.69) is 26.1 Å². The summed E-state index contributed by atoms with van der Waals surface area (Å²) >= 11 is 0. The number of methoxy groups -OCH3 is 1. The highest BCUT2D eigenvalue weighted by atomic mass is 16.5. The Bertz CT molecular complexity index is 188. The smallest absolute Gasteiger partial charge is 0.234 e. The van der Waals surface area contributed by atoms with Crippen molar-refractivity contribution in [2.45, 2.75) is 34.6 Å². The quantitative estimate of drug-likeness (QED) is 0.726. The van der Waals surface area contributed by atoms with Gasteiger partial charge < -0.3 is 10.1 Å². The summed E-state index contributed by atoms with van der Waals surface area (Å²) in [5, 5.41) is 2.79. The van der Waals surface area contributed by atoms with E-state index in [4.69, 9.17) is 4.74 Å². The van der Waals surface area contributed by atoms with Crippen molar-refractivity contribution in [1.29, 1.82) is 0 Å². The van der Waals surface area contributed by atoms with Gasteiger partial charge in [0.05, 0.1) is 13.2 Å². The summed E-state index contributed by atoms with van der Waals surface area (Å²) in [6.45, 7) is 13.0. The van der Waals surface area contributed by atoms with Crippen molar-refractivity contribution >= 4 is 5.91 Å². The monoisotopic (exact) mass is 246 g/mol. The summed E-state index contributed by atoms with van der Waals surface area (Å²) in [4.78, 5) is 13.4. The number of hydrogen-bond acceptors (Lipinski definition) is 3. The summed E-state index contributed by atoms with van der Waals surface area (Å²) in [5.41, 5.74) is 0.224. The van der Waals surface area contributed by atoms with Crippen LogP contribution in [0.5, 0.6) is 0 Å². The minimum absolute atomic E-state index is 0.0544. The molecule has 0 saturated carbocycles. The Morgan fingerprint density at radius 3 is 2.24 bits per heavy atom. The first-order valence-corrected chi connectivity index (χ1v) is 6.29. The number of likely N-dealkylation sites (N-methyl/N-ethyl adjacent to an activating group) is 1. The topological polar surface area (TPSA) is 41.6 Å². The average Bonchev–Trinajstić information content (AvgIpc) is 2.18. The van der Waals surface area contributed by atoms with E-state index in [0.717, 1.165) is 6.54 Å². The second-order valence-electron chi connectivity index (χ2n) is 5.08. The largest absolute Gasteiger partial charge is 0.383 e. The normalized spacial score (nSPS) is 10.8. The molecule has 0 saturated heterocycles. The number of amides is 1. The van der Waals surface area contributed by atoms with Crippen molar-refractivity contribution in [2.75, 3.05) is 40.4 Å². The van der Waals surface area contributed by atoms with Crippen molar-refractivity contribution in [3.8, 4) is 0 Å². The van der Waals surface area contributed by atoms with Crippen LogP contribution in [0.3, 0.4) is 0 Å². The molecule has 0 rings (SSSR count). The van der Waals surface area contributed by atoms with Crippen LogP contribution < -0.4 is 5.32 Å². The van der Waals surface area contributed by atoms with Gasteiger partial charge >= 0.3 is 0 Å². The lowest BCUT2D eigenvalue weighted by Gasteiger charge is -2.25. The van der Waals surface area contributed by atoms with Gasteiger partial charge in [-0.2, -0.15) is 0 Å². The number of nitrogens with one attached hydrogen (secondary N) is 1. The minimum atomic E-state index is 0.0544. The van der Waals surface area contributed by atoms with Crippen LogP contribution in [0.2, 0.25) is 0 Å². The molecule has 0 aromatic heterocycles. The molecule has 1 N–H and O–H groups in total. The number of ether oxygens (including phenoxy) is 1. The van der Waals surface area contributed by atoms with E-state index in [-0.39, 0.29) is 11.3 Å². The van der Waals surface area contributed by atoms with Gasteiger partial charge in [-0.15, -0.1) is 0 Å². The molecular weight excluding hydrogens is 216 g/mol. The summed E-state index contributed by atoms with van der Waals surface area (Å²) < 4.78 is 4.85. The van der Waals surface area contributed by atoms with Gasteiger partial charge in [0.1, 0.15) is 0 Å². The number of carbonyl (C=O) groups excluding carboxylic acids is 1. The predicted octanol–water partition coefficient (Wildman–Crippen LogP) is 1.75. The predicted molar refractivity (Wildman–Crippen MR) is 73.2 cm³/mol. The summed E-state index contributed by atoms with van der Waals surface area (Å²) in [5.74, 6) is 0.0544. The molecule has 0 aromatic carbocycles. The van der Waals surface area contributed by atoms with Crippen LogP contribution in [0.15, 0.2) is 0 Å². The van der Waals surface area contributed by atoms with Crippen molar-refractivity contribution in [1.82, 2.24) is 10.2 Å². The van der Waals surface area contributed by atoms with Gasteiger partial charge in [0.25, 0.3) is 0 Å². The lowest BCUT2D eigenvalue weighted by atomic mass is 9.96. The van der Waals surface area contributed by atoms with Crippen molar-refractivity contribution in [3.05, 3.63) is 0 Å². The number of carbonyl (C=O) groups is 1. The SMILES string of the molecule is CC.COCCNC(=O)CN(C)CC(C)(C)C. The molecular formula is C13H30N2O2. The van der Waals surface area contributed by atoms with Gasteiger partial charge in [0.2, 0.25) is 5.91 Å². The van der Waals surface area contributed by atoms with Crippen LogP contribution in [0.4, 0.5) is 0 Å². The molecule has 4 nitrogen and oxygen atoms in total. The molecule has 104 valence electrons. The first kappa shape index (κ1) is 18.7. The van der Waals surface area contributed by atoms with Crippen LogP contribution in [0.25, 0.3) is 0 Å². The molecule has 0 aromatic rings. The van der Waals surface area contributed by atoms with E-state index >= 15 is 0 Å². The first-order chi connectivity index (χ1) is 7.85. The fraction of sp³-hybridized carbons (Fsp3) is 0.923. The summed E-state index contributed by atoms with van der Waals surface area (Å²) in [6, 6.07) is 0. The second kappa shape index (κ2) is 10.5. The zero-order chi connectivity index (χ0) is 13.9. The van der Waals surface area contributed by atoms with Gasteiger partial charge in [0, 0.05) is 20.2 Å². The summed E-state index contributed by atoms with van der Waals surface area (Å²) in [6.07, 6.45) is 0. The zero-order valence-electron chi connectivity index (χ0n) is 12.6. The van der Waals surface area contributed by atoms with E-state index in [9.17, 15) is 4.79 Å². The number of rotatable bonds is 6. The van der Waals surface area contributed by atoms with Gasteiger partial charge in [-0.3, -0.25) is 9.69 Å². The van der Waals surface area contributed by atoms with Crippen LogP contribution in [0.1, 0.15) is 34.6 Å². The average molecular weight is 246 g/mol. The van der Waals surface area contributed by atoms with E-state index in [1.165, 1.54) is 0 Å². The molecule has 0 bridgehead atoms. The maximum Gasteiger partial charge on any atom is 0.234 e. The fourth-order valence-corrected chi connectivity index (χ4v) is 1.46. The molecule has 0 aliphatic rings. The Labute approximate surface area is 107 Å². The number of hydrogen-bond donors (Lipinski definition) is 1. The van der Waals surface area contributed by atoms with Gasteiger partial charge in [-0.25, -0.2) is 0 Å². The molecule has 0 atom stereocenters. The van der Waals surface area contributed by atoms with Crippen molar-refractivity contribution in [2.24, 2.45) is 5.41 Å². The highest BCUT2D eigenvalue weighted by Crippen LogP contribution is 2.13. The van der Waals surface area contributed by atoms with Crippen molar-refractivity contribution in [3.63, 3.8) is 0 Å². The minimum Gasteiger partial charge on any atom is -0.383 e. The van der Waals surface area contributed by atoms with Crippen LogP contribution in [-0.4, -0.2) is 51.2 Å². The Balaban J connectivity index is 0. The Hall–Kier alpha value is -0.610. The van der Waals surface area contributed by atoms with E-state index in [0.29, 0.717) is 19.7 Å². The first-order valence-electron chi connectivity index (χ1n) is 6.29. The lowest BCUT2D eigenvalue weighted by Crippen LogP contribution is -2.39. The third kappa shape index (κ3) is 15.4. The molecule has 0 unspecified atom stereocenters. The molecule has 0 aliphatic carbocycles. The van der Waals surface area contributed by atoms with Crippen LogP contribution in [-0.2, 0) is 9.53 Å². The lowest BCUT2D eigenvalue weighted by molar-refractivity contribution is -0.122. The van der Waals surface area contributed by atoms with Gasteiger partial charge in [0.15, 0.2) is 0 Å². The molecule has 17 heavy (non-hydrogen) atoms. The van der Waals surface area contributed by atoms with Crippen LogP contribution >= 0.6 is 0 Å². The maximum atomic E-state index is 11.4.